The Morgan fingerprint density at radius 2 is 1.81 bits per heavy atom. The zero-order valence-electron chi connectivity index (χ0n) is 17.3. The third-order valence-electron chi connectivity index (χ3n) is 6.26. The standard InChI is InChI=1S/C23H26N4O3S/c28-22(17-8-6-11-19(16-17)26-14-7-15-31(26,29)30)25-23-24-20-12-4-5-13-21(20)27(23)18-9-2-1-3-10-18/h4-6,8,11-13,16,18H,1-3,7,9-10,14-15H2,(H,24,25,28). The van der Waals surface area contributed by atoms with Crippen LogP contribution in [0.2, 0.25) is 0 Å². The second kappa shape index (κ2) is 8.00. The molecule has 2 fully saturated rings. The lowest BCUT2D eigenvalue weighted by Crippen LogP contribution is -2.25. The number of imidazole rings is 1. The minimum absolute atomic E-state index is 0.148. The van der Waals surface area contributed by atoms with Gasteiger partial charge in [-0.25, -0.2) is 13.4 Å². The summed E-state index contributed by atoms with van der Waals surface area (Å²) in [5.74, 6) is 0.414. The van der Waals surface area contributed by atoms with Crippen LogP contribution < -0.4 is 9.62 Å². The number of amides is 1. The van der Waals surface area contributed by atoms with Crippen molar-refractivity contribution < 1.29 is 13.2 Å². The highest BCUT2D eigenvalue weighted by Crippen LogP contribution is 2.34. The number of carbonyl (C=O) groups is 1. The van der Waals surface area contributed by atoms with Gasteiger partial charge in [0.25, 0.3) is 5.91 Å². The van der Waals surface area contributed by atoms with Gasteiger partial charge in [-0.05, 0) is 49.6 Å². The van der Waals surface area contributed by atoms with E-state index in [-0.39, 0.29) is 11.7 Å². The van der Waals surface area contributed by atoms with Crippen molar-refractivity contribution in [1.82, 2.24) is 9.55 Å². The third kappa shape index (κ3) is 3.80. The van der Waals surface area contributed by atoms with E-state index >= 15 is 0 Å². The number of nitrogens with one attached hydrogen (secondary N) is 1. The van der Waals surface area contributed by atoms with Gasteiger partial charge < -0.3 is 4.57 Å². The average molecular weight is 439 g/mol. The van der Waals surface area contributed by atoms with Crippen molar-refractivity contribution in [2.24, 2.45) is 0 Å². The van der Waals surface area contributed by atoms with E-state index in [2.05, 4.69) is 9.88 Å². The Kier molecular flexibility index (Phi) is 5.17. The molecule has 0 bridgehead atoms. The molecule has 0 radical (unpaired) electrons. The number of hydrogen-bond acceptors (Lipinski definition) is 4. The number of anilines is 2. The zero-order valence-corrected chi connectivity index (χ0v) is 18.1. The van der Waals surface area contributed by atoms with Gasteiger partial charge >= 0.3 is 0 Å². The molecule has 1 saturated carbocycles. The Hall–Kier alpha value is -2.87. The highest BCUT2D eigenvalue weighted by molar-refractivity contribution is 7.93. The monoisotopic (exact) mass is 438 g/mol. The van der Waals surface area contributed by atoms with Gasteiger partial charge in [-0.2, -0.15) is 0 Å². The normalized spacial score (nSPS) is 19.0. The minimum Gasteiger partial charge on any atom is -0.307 e. The van der Waals surface area contributed by atoms with Gasteiger partial charge in [0.15, 0.2) is 0 Å². The molecule has 7 nitrogen and oxygen atoms in total. The smallest absolute Gasteiger partial charge is 0.258 e. The van der Waals surface area contributed by atoms with Crippen molar-refractivity contribution in [3.8, 4) is 0 Å². The molecular formula is C23H26N4O3S. The molecule has 2 aromatic carbocycles. The molecule has 1 saturated heterocycles. The van der Waals surface area contributed by atoms with Crippen LogP contribution in [0.5, 0.6) is 0 Å². The molecule has 8 heteroatoms. The summed E-state index contributed by atoms with van der Waals surface area (Å²) in [6, 6.07) is 15.1. The van der Waals surface area contributed by atoms with Crippen molar-refractivity contribution in [2.45, 2.75) is 44.6 Å². The molecule has 1 amide bonds. The predicted octanol–water partition coefficient (Wildman–Crippen LogP) is 4.33. The van der Waals surface area contributed by atoms with Crippen LogP contribution in [0.1, 0.15) is 54.9 Å². The number of hydrogen-bond donors (Lipinski definition) is 1. The van der Waals surface area contributed by atoms with E-state index in [1.54, 1.807) is 24.3 Å². The summed E-state index contributed by atoms with van der Waals surface area (Å²) in [4.78, 5) is 17.8. The van der Waals surface area contributed by atoms with Gasteiger partial charge in [0.05, 0.1) is 22.5 Å². The first-order chi connectivity index (χ1) is 15.0. The van der Waals surface area contributed by atoms with Crippen molar-refractivity contribution in [3.05, 3.63) is 54.1 Å². The Bertz CT molecular complexity index is 1230. The minimum atomic E-state index is -3.29. The SMILES string of the molecule is O=C(Nc1nc2ccccc2n1C1CCCCC1)c1cccc(N2CCCS2(=O)=O)c1. The summed E-state index contributed by atoms with van der Waals surface area (Å²) in [6.07, 6.45) is 6.35. The van der Waals surface area contributed by atoms with Crippen LogP contribution in [0, 0.1) is 0 Å². The third-order valence-corrected chi connectivity index (χ3v) is 8.13. The first kappa shape index (κ1) is 20.1. The van der Waals surface area contributed by atoms with E-state index < -0.39 is 10.0 Å². The molecule has 1 aliphatic carbocycles. The highest BCUT2D eigenvalue weighted by Gasteiger charge is 2.29. The Morgan fingerprint density at radius 3 is 2.58 bits per heavy atom. The molecule has 162 valence electrons. The van der Waals surface area contributed by atoms with E-state index in [1.165, 1.54) is 23.6 Å². The van der Waals surface area contributed by atoms with Gasteiger partial charge in [-0.1, -0.05) is 37.5 Å². The van der Waals surface area contributed by atoms with Crippen LogP contribution in [0.15, 0.2) is 48.5 Å². The maximum absolute atomic E-state index is 13.1. The van der Waals surface area contributed by atoms with E-state index in [0.717, 1.165) is 23.9 Å². The maximum atomic E-state index is 13.1. The number of sulfonamides is 1. The molecule has 1 aromatic heterocycles. The van der Waals surface area contributed by atoms with Crippen LogP contribution in [0.25, 0.3) is 11.0 Å². The molecule has 3 aromatic rings. The van der Waals surface area contributed by atoms with Gasteiger partial charge in [0.1, 0.15) is 0 Å². The molecule has 1 aliphatic heterocycles. The van der Waals surface area contributed by atoms with Gasteiger partial charge in [-0.3, -0.25) is 14.4 Å². The lowest BCUT2D eigenvalue weighted by Gasteiger charge is -2.25. The summed E-state index contributed by atoms with van der Waals surface area (Å²) in [6.45, 7) is 0.449. The van der Waals surface area contributed by atoms with Gasteiger partial charge in [0, 0.05) is 18.2 Å². The number of fused-ring (bicyclic) bond motifs is 1. The quantitative estimate of drug-likeness (QED) is 0.657. The van der Waals surface area contributed by atoms with Crippen LogP contribution in [0.3, 0.4) is 0 Å². The van der Waals surface area contributed by atoms with Crippen molar-refractivity contribution in [1.29, 1.82) is 0 Å². The van der Waals surface area contributed by atoms with Crippen molar-refractivity contribution >= 4 is 38.6 Å². The molecule has 1 N–H and O–H groups in total. The molecular weight excluding hydrogens is 412 g/mol. The lowest BCUT2D eigenvalue weighted by atomic mass is 9.95. The van der Waals surface area contributed by atoms with Crippen LogP contribution in [-0.4, -0.2) is 36.2 Å². The largest absolute Gasteiger partial charge is 0.307 e. The highest BCUT2D eigenvalue weighted by atomic mass is 32.2. The summed E-state index contributed by atoms with van der Waals surface area (Å²) in [5, 5.41) is 3.00. The van der Waals surface area contributed by atoms with Crippen LogP contribution >= 0.6 is 0 Å². The number of carbonyl (C=O) groups excluding carboxylic acids is 1. The predicted molar refractivity (Wildman–Crippen MR) is 122 cm³/mol. The second-order valence-electron chi connectivity index (χ2n) is 8.33. The van der Waals surface area contributed by atoms with Crippen molar-refractivity contribution in [3.63, 3.8) is 0 Å². The Morgan fingerprint density at radius 1 is 1.00 bits per heavy atom. The van der Waals surface area contributed by atoms with Crippen LogP contribution in [-0.2, 0) is 10.0 Å². The summed E-state index contributed by atoms with van der Waals surface area (Å²) in [7, 11) is -3.29. The molecule has 0 unspecified atom stereocenters. The van der Waals surface area contributed by atoms with E-state index in [1.807, 2.05) is 24.3 Å². The number of para-hydroxylation sites is 2. The van der Waals surface area contributed by atoms with Gasteiger partial charge in [-0.15, -0.1) is 0 Å². The Labute approximate surface area is 182 Å². The van der Waals surface area contributed by atoms with E-state index in [9.17, 15) is 13.2 Å². The number of nitrogens with zero attached hydrogens (tertiary/aromatic N) is 3. The summed E-state index contributed by atoms with van der Waals surface area (Å²) in [5.41, 5.74) is 2.84. The van der Waals surface area contributed by atoms with Gasteiger partial charge in [0.2, 0.25) is 16.0 Å². The summed E-state index contributed by atoms with van der Waals surface area (Å²) >= 11 is 0. The van der Waals surface area contributed by atoms with E-state index in [4.69, 9.17) is 4.98 Å². The number of benzene rings is 2. The lowest BCUT2D eigenvalue weighted by molar-refractivity contribution is 0.102. The fraction of sp³-hybridized carbons (Fsp3) is 0.391. The molecule has 5 rings (SSSR count). The van der Waals surface area contributed by atoms with Crippen LogP contribution in [0.4, 0.5) is 11.6 Å². The Balaban J connectivity index is 1.46. The zero-order chi connectivity index (χ0) is 21.4. The molecule has 2 aliphatic rings. The average Bonchev–Trinajstić information content (AvgIpc) is 3.33. The fourth-order valence-electron chi connectivity index (χ4n) is 4.75. The second-order valence-corrected chi connectivity index (χ2v) is 10.3. The fourth-order valence-corrected chi connectivity index (χ4v) is 6.30. The maximum Gasteiger partial charge on any atom is 0.258 e. The summed E-state index contributed by atoms with van der Waals surface area (Å²) < 4.78 is 28.1. The molecule has 31 heavy (non-hydrogen) atoms. The molecule has 2 heterocycles. The first-order valence-electron chi connectivity index (χ1n) is 10.9. The topological polar surface area (TPSA) is 84.3 Å². The number of aromatic nitrogens is 2. The van der Waals surface area contributed by atoms with Crippen molar-refractivity contribution in [2.75, 3.05) is 21.9 Å². The van der Waals surface area contributed by atoms with E-state index in [0.29, 0.717) is 36.2 Å². The molecule has 0 spiro atoms. The molecule has 0 atom stereocenters. The first-order valence-corrected chi connectivity index (χ1v) is 12.5. The number of rotatable bonds is 4.